The van der Waals surface area contributed by atoms with Crippen LogP contribution in [0.4, 0.5) is 4.79 Å². The van der Waals surface area contributed by atoms with Crippen LogP contribution in [0.25, 0.3) is 0 Å². The van der Waals surface area contributed by atoms with E-state index in [4.69, 9.17) is 10.5 Å². The van der Waals surface area contributed by atoms with Gasteiger partial charge in [0.25, 0.3) is 0 Å². The molecule has 2 N–H and O–H groups in total. The first-order valence-electron chi connectivity index (χ1n) is 6.14. The minimum Gasteiger partial charge on any atom is -0.445 e. The van der Waals surface area contributed by atoms with Crippen molar-refractivity contribution in [3.63, 3.8) is 0 Å². The molecule has 17 heavy (non-hydrogen) atoms. The smallest absolute Gasteiger partial charge is 0.404 e. The van der Waals surface area contributed by atoms with Crippen LogP contribution in [-0.2, 0) is 10.2 Å². The third-order valence-corrected chi connectivity index (χ3v) is 3.81. The van der Waals surface area contributed by atoms with Crippen LogP contribution in [0, 0.1) is 0 Å². The first-order chi connectivity index (χ1) is 8.13. The average Bonchev–Trinajstić information content (AvgIpc) is 2.33. The molecule has 0 bridgehead atoms. The van der Waals surface area contributed by atoms with Crippen molar-refractivity contribution in [2.75, 3.05) is 0 Å². The van der Waals surface area contributed by atoms with Gasteiger partial charge in [-0.2, -0.15) is 0 Å². The van der Waals surface area contributed by atoms with Gasteiger partial charge in [0.15, 0.2) is 0 Å². The van der Waals surface area contributed by atoms with Gasteiger partial charge in [0.1, 0.15) is 6.10 Å². The molecule has 0 spiro atoms. The van der Waals surface area contributed by atoms with Crippen molar-refractivity contribution in [1.82, 2.24) is 0 Å². The van der Waals surface area contributed by atoms with Crippen molar-refractivity contribution in [3.05, 3.63) is 35.9 Å². The van der Waals surface area contributed by atoms with Gasteiger partial charge in [-0.1, -0.05) is 43.7 Å². The van der Waals surface area contributed by atoms with Crippen LogP contribution in [0.2, 0.25) is 0 Å². The van der Waals surface area contributed by atoms with Gasteiger partial charge in [-0.25, -0.2) is 4.79 Å². The zero-order valence-corrected chi connectivity index (χ0v) is 10.2. The Morgan fingerprint density at radius 2 is 2.06 bits per heavy atom. The largest absolute Gasteiger partial charge is 0.445 e. The van der Waals surface area contributed by atoms with Crippen molar-refractivity contribution in [2.45, 2.75) is 44.1 Å². The highest BCUT2D eigenvalue weighted by molar-refractivity contribution is 5.65. The lowest BCUT2D eigenvalue weighted by Gasteiger charge is -2.40. The third-order valence-electron chi connectivity index (χ3n) is 3.81. The van der Waals surface area contributed by atoms with E-state index in [0.29, 0.717) is 0 Å². The summed E-state index contributed by atoms with van der Waals surface area (Å²) < 4.78 is 5.30. The molecular formula is C14H19NO2. The number of benzene rings is 1. The van der Waals surface area contributed by atoms with Gasteiger partial charge in [-0.3, -0.25) is 0 Å². The molecule has 1 aliphatic rings. The molecule has 2 rings (SSSR count). The number of carbonyl (C=O) groups excluding carboxylic acids is 1. The van der Waals surface area contributed by atoms with Crippen molar-refractivity contribution in [1.29, 1.82) is 0 Å². The van der Waals surface area contributed by atoms with E-state index >= 15 is 0 Å². The zero-order valence-electron chi connectivity index (χ0n) is 10.2. The molecule has 1 saturated carbocycles. The molecule has 0 aliphatic heterocycles. The first-order valence-corrected chi connectivity index (χ1v) is 6.14. The van der Waals surface area contributed by atoms with Crippen LogP contribution in [0.3, 0.4) is 0 Å². The maximum Gasteiger partial charge on any atom is 0.404 e. The molecule has 1 fully saturated rings. The van der Waals surface area contributed by atoms with Crippen LogP contribution in [0.1, 0.15) is 38.2 Å². The summed E-state index contributed by atoms with van der Waals surface area (Å²) in [5.74, 6) is 0. The fourth-order valence-electron chi connectivity index (χ4n) is 2.78. The molecule has 0 unspecified atom stereocenters. The average molecular weight is 233 g/mol. The topological polar surface area (TPSA) is 52.3 Å². The molecular weight excluding hydrogens is 214 g/mol. The Labute approximate surface area is 102 Å². The number of primary amides is 1. The van der Waals surface area contributed by atoms with E-state index in [9.17, 15) is 4.79 Å². The minimum atomic E-state index is -0.668. The highest BCUT2D eigenvalue weighted by Gasteiger charge is 2.40. The lowest BCUT2D eigenvalue weighted by atomic mass is 9.69. The van der Waals surface area contributed by atoms with Crippen molar-refractivity contribution < 1.29 is 9.53 Å². The van der Waals surface area contributed by atoms with E-state index in [2.05, 4.69) is 19.1 Å². The molecule has 92 valence electrons. The quantitative estimate of drug-likeness (QED) is 0.853. The van der Waals surface area contributed by atoms with Crippen molar-refractivity contribution >= 4 is 6.09 Å². The van der Waals surface area contributed by atoms with Gasteiger partial charge in [-0.05, 0) is 24.8 Å². The second-order valence-corrected chi connectivity index (χ2v) is 4.95. The van der Waals surface area contributed by atoms with Gasteiger partial charge >= 0.3 is 6.09 Å². The van der Waals surface area contributed by atoms with Crippen molar-refractivity contribution in [3.8, 4) is 0 Å². The predicted octanol–water partition coefficient (Wildman–Crippen LogP) is 2.98. The summed E-state index contributed by atoms with van der Waals surface area (Å²) in [5.41, 5.74) is 6.29. The van der Waals surface area contributed by atoms with E-state index < -0.39 is 6.09 Å². The summed E-state index contributed by atoms with van der Waals surface area (Å²) in [4.78, 5) is 11.0. The number of hydrogen-bond donors (Lipinski definition) is 1. The number of ether oxygens (including phenoxy) is 1. The minimum absolute atomic E-state index is 0.101. The summed E-state index contributed by atoms with van der Waals surface area (Å²) in [5, 5.41) is 0. The Morgan fingerprint density at radius 3 is 2.71 bits per heavy atom. The molecule has 3 heteroatoms. The molecule has 0 heterocycles. The summed E-state index contributed by atoms with van der Waals surface area (Å²) in [6.45, 7) is 2.16. The van der Waals surface area contributed by atoms with E-state index in [1.165, 1.54) is 12.0 Å². The van der Waals surface area contributed by atoms with Crippen LogP contribution in [0.5, 0.6) is 0 Å². The fourth-order valence-corrected chi connectivity index (χ4v) is 2.78. The third kappa shape index (κ3) is 2.43. The van der Waals surface area contributed by atoms with Crippen LogP contribution in [0.15, 0.2) is 30.3 Å². The monoisotopic (exact) mass is 233 g/mol. The number of hydrogen-bond acceptors (Lipinski definition) is 2. The number of nitrogens with two attached hydrogens (primary N) is 1. The normalized spacial score (nSPS) is 28.6. The lowest BCUT2D eigenvalue weighted by molar-refractivity contribution is 0.0296. The summed E-state index contributed by atoms with van der Waals surface area (Å²) >= 11 is 0. The Bertz CT molecular complexity index is 390. The van der Waals surface area contributed by atoms with Gasteiger partial charge in [0.05, 0.1) is 0 Å². The SMILES string of the molecule is C[C@]1(c2ccccc2)CCCC[C@@H]1OC(N)=O. The van der Waals surface area contributed by atoms with Crippen LogP contribution >= 0.6 is 0 Å². The molecule has 1 aromatic carbocycles. The molecule has 3 nitrogen and oxygen atoms in total. The van der Waals surface area contributed by atoms with Crippen LogP contribution < -0.4 is 5.73 Å². The summed E-state index contributed by atoms with van der Waals surface area (Å²) in [6, 6.07) is 10.2. The molecule has 1 aromatic rings. The van der Waals surface area contributed by atoms with Gasteiger partial charge in [0, 0.05) is 5.41 Å². The Kier molecular flexibility index (Phi) is 3.36. The molecule has 2 atom stereocenters. The molecule has 1 amide bonds. The van der Waals surface area contributed by atoms with Gasteiger partial charge < -0.3 is 10.5 Å². The van der Waals surface area contributed by atoms with Crippen LogP contribution in [-0.4, -0.2) is 12.2 Å². The van der Waals surface area contributed by atoms with Gasteiger partial charge in [-0.15, -0.1) is 0 Å². The van der Waals surface area contributed by atoms with Gasteiger partial charge in [0.2, 0.25) is 0 Å². The number of rotatable bonds is 2. The molecule has 0 radical (unpaired) electrons. The predicted molar refractivity (Wildman–Crippen MR) is 66.7 cm³/mol. The first kappa shape index (κ1) is 12.0. The van der Waals surface area contributed by atoms with Crippen molar-refractivity contribution in [2.24, 2.45) is 5.73 Å². The number of amides is 1. The fraction of sp³-hybridized carbons (Fsp3) is 0.500. The van der Waals surface area contributed by atoms with E-state index in [-0.39, 0.29) is 11.5 Å². The molecule has 0 aromatic heterocycles. The lowest BCUT2D eigenvalue weighted by Crippen LogP contribution is -2.43. The zero-order chi connectivity index (χ0) is 12.3. The second kappa shape index (κ2) is 4.78. The number of carbonyl (C=O) groups is 1. The molecule has 0 saturated heterocycles. The highest BCUT2D eigenvalue weighted by Crippen LogP contribution is 2.40. The second-order valence-electron chi connectivity index (χ2n) is 4.95. The highest BCUT2D eigenvalue weighted by atomic mass is 16.6. The van der Waals surface area contributed by atoms with E-state index in [0.717, 1.165) is 19.3 Å². The molecule has 1 aliphatic carbocycles. The standard InChI is InChI=1S/C14H19NO2/c1-14(11-7-3-2-4-8-11)10-6-5-9-12(14)17-13(15)16/h2-4,7-8,12H,5-6,9-10H2,1H3,(H2,15,16)/t12-,14+/m0/s1. The maximum atomic E-state index is 11.0. The Balaban J connectivity index is 2.28. The maximum absolute atomic E-state index is 11.0. The summed E-state index contributed by atoms with van der Waals surface area (Å²) in [6.07, 6.45) is 3.43. The Hall–Kier alpha value is -1.51. The van der Waals surface area contributed by atoms with E-state index in [1.54, 1.807) is 0 Å². The van der Waals surface area contributed by atoms with E-state index in [1.807, 2.05) is 18.2 Å². The summed E-state index contributed by atoms with van der Waals surface area (Å²) in [7, 11) is 0. The Morgan fingerprint density at radius 1 is 1.35 bits per heavy atom.